The lowest BCUT2D eigenvalue weighted by Crippen LogP contribution is -2.18. The van der Waals surface area contributed by atoms with Crippen LogP contribution < -0.4 is 15.0 Å². The minimum Gasteiger partial charge on any atom is -0.495 e. The molecule has 0 aliphatic carbocycles. The molecule has 1 heterocycles. The van der Waals surface area contributed by atoms with E-state index in [0.717, 1.165) is 5.69 Å². The lowest BCUT2D eigenvalue weighted by atomic mass is 10.0. The van der Waals surface area contributed by atoms with Crippen LogP contribution in [-0.4, -0.2) is 34.2 Å². The molecule has 5 nitrogen and oxygen atoms in total. The molecule has 0 aliphatic heterocycles. The van der Waals surface area contributed by atoms with Crippen molar-refractivity contribution in [1.82, 2.24) is 5.32 Å². The number of methoxy groups -OCH3 is 1. The largest absolute Gasteiger partial charge is 0.495 e. The number of carbonyl (C=O) groups is 1. The third kappa shape index (κ3) is 2.91. The predicted octanol–water partition coefficient (Wildman–Crippen LogP) is 3.67. The lowest BCUT2D eigenvalue weighted by Gasteiger charge is -2.16. The average molecular weight is 342 g/mol. The molecular weight excluding hydrogens is 323 g/mol. The summed E-state index contributed by atoms with van der Waals surface area (Å²) in [5.41, 5.74) is 2.41. The van der Waals surface area contributed by atoms with Crippen LogP contribution >= 0.6 is 0 Å². The normalized spacial score (nSPS) is 10.8. The van der Waals surface area contributed by atoms with E-state index in [2.05, 4.69) is 5.32 Å². The SMILES string of the molecule is CNC(=O)c1c(-c2ccc(F)cc2)oc2cc(N(C)C)c(OC)cc12. The summed E-state index contributed by atoms with van der Waals surface area (Å²) in [5, 5.41) is 3.27. The summed E-state index contributed by atoms with van der Waals surface area (Å²) >= 11 is 0. The first-order valence-corrected chi connectivity index (χ1v) is 7.76. The molecule has 0 radical (unpaired) electrons. The van der Waals surface area contributed by atoms with E-state index in [0.29, 0.717) is 33.6 Å². The molecule has 0 unspecified atom stereocenters. The molecule has 0 saturated heterocycles. The predicted molar refractivity (Wildman–Crippen MR) is 95.9 cm³/mol. The Kier molecular flexibility index (Phi) is 4.35. The fraction of sp³-hybridized carbons (Fsp3) is 0.211. The third-order valence-corrected chi connectivity index (χ3v) is 4.03. The summed E-state index contributed by atoms with van der Waals surface area (Å²) in [6, 6.07) is 9.45. The van der Waals surface area contributed by atoms with Gasteiger partial charge in [0.15, 0.2) is 0 Å². The molecule has 1 N–H and O–H groups in total. The van der Waals surface area contributed by atoms with Crippen molar-refractivity contribution in [2.45, 2.75) is 0 Å². The van der Waals surface area contributed by atoms with Crippen LogP contribution in [0.25, 0.3) is 22.3 Å². The van der Waals surface area contributed by atoms with Crippen LogP contribution in [-0.2, 0) is 0 Å². The highest BCUT2D eigenvalue weighted by molar-refractivity contribution is 6.12. The molecule has 6 heteroatoms. The standard InChI is InChI=1S/C19H19FN2O3/c1-21-19(23)17-13-9-16(24-4)14(22(2)3)10-15(13)25-18(17)11-5-7-12(20)8-6-11/h5-10H,1-4H3,(H,21,23). The van der Waals surface area contributed by atoms with Gasteiger partial charge in [-0.05, 0) is 30.3 Å². The summed E-state index contributed by atoms with van der Waals surface area (Å²) in [6.07, 6.45) is 0. The van der Waals surface area contributed by atoms with Crippen LogP contribution in [0.4, 0.5) is 10.1 Å². The molecule has 0 spiro atoms. The summed E-state index contributed by atoms with van der Waals surface area (Å²) in [4.78, 5) is 14.4. The smallest absolute Gasteiger partial charge is 0.255 e. The van der Waals surface area contributed by atoms with Gasteiger partial charge in [-0.15, -0.1) is 0 Å². The molecule has 0 fully saturated rings. The van der Waals surface area contributed by atoms with Gasteiger partial charge in [-0.25, -0.2) is 4.39 Å². The van der Waals surface area contributed by atoms with Gasteiger partial charge < -0.3 is 19.4 Å². The van der Waals surface area contributed by atoms with Gasteiger partial charge in [0.2, 0.25) is 0 Å². The minimum absolute atomic E-state index is 0.280. The second kappa shape index (κ2) is 6.47. The molecule has 1 amide bonds. The summed E-state index contributed by atoms with van der Waals surface area (Å²) in [7, 11) is 6.93. The minimum atomic E-state index is -0.349. The highest BCUT2D eigenvalue weighted by atomic mass is 19.1. The van der Waals surface area contributed by atoms with E-state index in [4.69, 9.17) is 9.15 Å². The fourth-order valence-electron chi connectivity index (χ4n) is 2.78. The van der Waals surface area contributed by atoms with Gasteiger partial charge in [-0.3, -0.25) is 4.79 Å². The maximum Gasteiger partial charge on any atom is 0.255 e. The summed E-state index contributed by atoms with van der Waals surface area (Å²) < 4.78 is 24.7. The molecule has 0 saturated carbocycles. The number of halogens is 1. The number of rotatable bonds is 4. The molecule has 130 valence electrons. The zero-order chi connectivity index (χ0) is 18.1. The van der Waals surface area contributed by atoms with Crippen LogP contribution in [0.3, 0.4) is 0 Å². The van der Waals surface area contributed by atoms with E-state index >= 15 is 0 Å². The molecule has 2 aromatic carbocycles. The van der Waals surface area contributed by atoms with Crippen LogP contribution in [0.15, 0.2) is 40.8 Å². The Labute approximate surface area is 145 Å². The van der Waals surface area contributed by atoms with Gasteiger partial charge in [-0.2, -0.15) is 0 Å². The Bertz CT molecular complexity index is 930. The van der Waals surface area contributed by atoms with Crippen LogP contribution in [0.5, 0.6) is 5.75 Å². The van der Waals surface area contributed by atoms with Crippen molar-refractivity contribution in [3.05, 3.63) is 47.8 Å². The highest BCUT2D eigenvalue weighted by Gasteiger charge is 2.23. The highest BCUT2D eigenvalue weighted by Crippen LogP contribution is 2.39. The van der Waals surface area contributed by atoms with Crippen LogP contribution in [0, 0.1) is 5.82 Å². The fourth-order valence-corrected chi connectivity index (χ4v) is 2.78. The van der Waals surface area contributed by atoms with Gasteiger partial charge in [0, 0.05) is 38.2 Å². The molecule has 1 aromatic heterocycles. The van der Waals surface area contributed by atoms with E-state index in [9.17, 15) is 9.18 Å². The molecule has 25 heavy (non-hydrogen) atoms. The van der Waals surface area contributed by atoms with Crippen molar-refractivity contribution in [2.75, 3.05) is 33.2 Å². The number of nitrogens with one attached hydrogen (secondary N) is 1. The number of hydrogen-bond donors (Lipinski definition) is 1. The van der Waals surface area contributed by atoms with Gasteiger partial charge in [0.25, 0.3) is 5.91 Å². The zero-order valence-corrected chi connectivity index (χ0v) is 14.5. The van der Waals surface area contributed by atoms with Gasteiger partial charge in [0.1, 0.15) is 22.9 Å². The maximum atomic E-state index is 13.2. The van der Waals surface area contributed by atoms with Gasteiger partial charge in [0.05, 0.1) is 18.4 Å². The Morgan fingerprint density at radius 2 is 1.88 bits per heavy atom. The molecule has 0 bridgehead atoms. The van der Waals surface area contributed by atoms with Crippen molar-refractivity contribution in [2.24, 2.45) is 0 Å². The second-order valence-electron chi connectivity index (χ2n) is 5.81. The molecular formula is C19H19FN2O3. The van der Waals surface area contributed by atoms with E-state index in [-0.39, 0.29) is 11.7 Å². The second-order valence-corrected chi connectivity index (χ2v) is 5.81. The Morgan fingerprint density at radius 1 is 1.20 bits per heavy atom. The molecule has 3 rings (SSSR count). The zero-order valence-electron chi connectivity index (χ0n) is 14.5. The van der Waals surface area contributed by atoms with E-state index in [1.54, 1.807) is 32.4 Å². The Morgan fingerprint density at radius 3 is 2.44 bits per heavy atom. The van der Waals surface area contributed by atoms with Crippen LogP contribution in [0.1, 0.15) is 10.4 Å². The topological polar surface area (TPSA) is 54.7 Å². The van der Waals surface area contributed by atoms with Crippen molar-refractivity contribution in [3.8, 4) is 17.1 Å². The number of ether oxygens (including phenoxy) is 1. The number of hydrogen-bond acceptors (Lipinski definition) is 4. The number of nitrogens with zero attached hydrogens (tertiary/aromatic N) is 1. The molecule has 3 aromatic rings. The third-order valence-electron chi connectivity index (χ3n) is 4.03. The number of fused-ring (bicyclic) bond motifs is 1. The van der Waals surface area contributed by atoms with Gasteiger partial charge >= 0.3 is 0 Å². The van der Waals surface area contributed by atoms with Crippen molar-refractivity contribution in [1.29, 1.82) is 0 Å². The Balaban J connectivity index is 2.32. The monoisotopic (exact) mass is 342 g/mol. The van der Waals surface area contributed by atoms with Crippen molar-refractivity contribution < 1.29 is 18.3 Å². The number of anilines is 1. The maximum absolute atomic E-state index is 13.2. The number of benzene rings is 2. The van der Waals surface area contributed by atoms with Crippen LogP contribution in [0.2, 0.25) is 0 Å². The number of carbonyl (C=O) groups excluding carboxylic acids is 1. The Hall–Kier alpha value is -3.02. The van der Waals surface area contributed by atoms with Gasteiger partial charge in [-0.1, -0.05) is 0 Å². The first-order valence-electron chi connectivity index (χ1n) is 7.76. The van der Waals surface area contributed by atoms with E-state index < -0.39 is 0 Å². The van der Waals surface area contributed by atoms with Crippen molar-refractivity contribution in [3.63, 3.8) is 0 Å². The first-order chi connectivity index (χ1) is 12.0. The first kappa shape index (κ1) is 16.8. The molecule has 0 atom stereocenters. The summed E-state index contributed by atoms with van der Waals surface area (Å²) in [5.74, 6) is 0.400. The molecule has 0 aliphatic rings. The van der Waals surface area contributed by atoms with E-state index in [1.165, 1.54) is 12.1 Å². The number of amides is 1. The quantitative estimate of drug-likeness (QED) is 0.786. The number of furan rings is 1. The lowest BCUT2D eigenvalue weighted by molar-refractivity contribution is 0.0964. The summed E-state index contributed by atoms with van der Waals surface area (Å²) in [6.45, 7) is 0. The van der Waals surface area contributed by atoms with E-state index in [1.807, 2.05) is 25.1 Å². The average Bonchev–Trinajstić information content (AvgIpc) is 2.98. The van der Waals surface area contributed by atoms with Crippen molar-refractivity contribution >= 4 is 22.6 Å².